The fourth-order valence-electron chi connectivity index (χ4n) is 1.89. The van der Waals surface area contributed by atoms with E-state index < -0.39 is 0 Å². The van der Waals surface area contributed by atoms with Crippen LogP contribution in [0.5, 0.6) is 5.75 Å². The third-order valence-electron chi connectivity index (χ3n) is 3.86. The molecular weight excluding hydrogens is 198 g/mol. The van der Waals surface area contributed by atoms with Crippen molar-refractivity contribution in [3.8, 4) is 5.75 Å². The average Bonchev–Trinajstić information content (AvgIpc) is 3.06. The van der Waals surface area contributed by atoms with Gasteiger partial charge in [-0.25, -0.2) is 0 Å². The van der Waals surface area contributed by atoms with Crippen molar-refractivity contribution in [1.29, 1.82) is 0 Å². The molecule has 1 aromatic rings. The van der Waals surface area contributed by atoms with Crippen molar-refractivity contribution >= 4 is 0 Å². The zero-order valence-electron chi connectivity index (χ0n) is 10.4. The zero-order chi connectivity index (χ0) is 11.6. The lowest BCUT2D eigenvalue weighted by Gasteiger charge is -2.20. The van der Waals surface area contributed by atoms with Crippen LogP contribution in [-0.4, -0.2) is 13.2 Å². The minimum atomic E-state index is 0.548. The molecule has 0 spiro atoms. The molecule has 2 rings (SSSR count). The highest BCUT2D eigenvalue weighted by molar-refractivity contribution is 5.27. The van der Waals surface area contributed by atoms with Gasteiger partial charge < -0.3 is 10.1 Å². The Hall–Kier alpha value is -1.02. The van der Waals surface area contributed by atoms with Crippen LogP contribution in [0.25, 0.3) is 0 Å². The molecule has 0 saturated heterocycles. The highest BCUT2D eigenvalue weighted by Gasteiger charge is 2.41. The Morgan fingerprint density at radius 1 is 1.31 bits per heavy atom. The van der Waals surface area contributed by atoms with Crippen LogP contribution in [-0.2, 0) is 6.54 Å². The Morgan fingerprint density at radius 3 is 2.44 bits per heavy atom. The van der Waals surface area contributed by atoms with Crippen LogP contribution in [0.4, 0.5) is 0 Å². The van der Waals surface area contributed by atoms with Crippen LogP contribution >= 0.6 is 0 Å². The molecule has 2 nitrogen and oxygen atoms in total. The van der Waals surface area contributed by atoms with Crippen LogP contribution in [0.2, 0.25) is 0 Å². The largest absolute Gasteiger partial charge is 0.497 e. The summed E-state index contributed by atoms with van der Waals surface area (Å²) in [5.74, 6) is 0.922. The first-order chi connectivity index (χ1) is 7.64. The first-order valence-electron chi connectivity index (χ1n) is 6.00. The Bertz CT molecular complexity index is 340. The molecule has 1 aliphatic rings. The van der Waals surface area contributed by atoms with Crippen molar-refractivity contribution in [3.05, 3.63) is 29.8 Å². The topological polar surface area (TPSA) is 21.3 Å². The summed E-state index contributed by atoms with van der Waals surface area (Å²) in [5.41, 5.74) is 1.86. The van der Waals surface area contributed by atoms with Crippen LogP contribution < -0.4 is 10.1 Å². The van der Waals surface area contributed by atoms with Gasteiger partial charge in [-0.05, 0) is 42.9 Å². The van der Waals surface area contributed by atoms with Crippen LogP contribution in [0.15, 0.2) is 24.3 Å². The first kappa shape index (κ1) is 11.5. The lowest BCUT2D eigenvalue weighted by molar-refractivity contribution is 0.379. The van der Waals surface area contributed by atoms with Crippen molar-refractivity contribution in [2.75, 3.05) is 7.11 Å². The van der Waals surface area contributed by atoms with Crippen molar-refractivity contribution in [2.45, 2.75) is 39.3 Å². The van der Waals surface area contributed by atoms with Gasteiger partial charge in [0.15, 0.2) is 0 Å². The summed E-state index contributed by atoms with van der Waals surface area (Å²) in [4.78, 5) is 0. The van der Waals surface area contributed by atoms with E-state index >= 15 is 0 Å². The monoisotopic (exact) mass is 219 g/mol. The third kappa shape index (κ3) is 2.56. The molecule has 16 heavy (non-hydrogen) atoms. The van der Waals surface area contributed by atoms with Gasteiger partial charge in [-0.15, -0.1) is 0 Å². The SMILES string of the molecule is COc1ccc(CNC(C)C2(C)CC2)cc1. The molecule has 1 aromatic carbocycles. The molecule has 1 N–H and O–H groups in total. The van der Waals surface area contributed by atoms with Crippen LogP contribution in [0.3, 0.4) is 0 Å². The lowest BCUT2D eigenvalue weighted by Crippen LogP contribution is -2.32. The minimum Gasteiger partial charge on any atom is -0.497 e. The van der Waals surface area contributed by atoms with E-state index in [-0.39, 0.29) is 0 Å². The van der Waals surface area contributed by atoms with E-state index in [4.69, 9.17) is 4.74 Å². The maximum atomic E-state index is 5.14. The van der Waals surface area contributed by atoms with Gasteiger partial charge in [0, 0.05) is 12.6 Å². The Kier molecular flexibility index (Phi) is 3.20. The minimum absolute atomic E-state index is 0.548. The predicted octanol–water partition coefficient (Wildman–Crippen LogP) is 2.97. The molecule has 1 fully saturated rings. The quantitative estimate of drug-likeness (QED) is 0.822. The van der Waals surface area contributed by atoms with Crippen molar-refractivity contribution in [2.24, 2.45) is 5.41 Å². The van der Waals surface area contributed by atoms with Gasteiger partial charge in [-0.3, -0.25) is 0 Å². The highest BCUT2D eigenvalue weighted by Crippen LogP contribution is 2.47. The number of ether oxygens (including phenoxy) is 1. The van der Waals surface area contributed by atoms with Gasteiger partial charge in [0.1, 0.15) is 5.75 Å². The van der Waals surface area contributed by atoms with Crippen LogP contribution in [0, 0.1) is 5.41 Å². The van der Waals surface area contributed by atoms with Gasteiger partial charge in [0.2, 0.25) is 0 Å². The van der Waals surface area contributed by atoms with E-state index in [0.717, 1.165) is 12.3 Å². The maximum absolute atomic E-state index is 5.14. The fourth-order valence-corrected chi connectivity index (χ4v) is 1.89. The summed E-state index contributed by atoms with van der Waals surface area (Å²) in [7, 11) is 1.70. The van der Waals surface area contributed by atoms with E-state index in [1.807, 2.05) is 12.1 Å². The summed E-state index contributed by atoms with van der Waals surface area (Å²) in [6, 6.07) is 8.87. The van der Waals surface area contributed by atoms with E-state index in [0.29, 0.717) is 11.5 Å². The van der Waals surface area contributed by atoms with E-state index in [9.17, 15) is 0 Å². The second-order valence-electron chi connectivity index (χ2n) is 5.10. The Balaban J connectivity index is 1.84. The lowest BCUT2D eigenvalue weighted by atomic mass is 10.0. The number of methoxy groups -OCH3 is 1. The smallest absolute Gasteiger partial charge is 0.118 e. The molecule has 88 valence electrons. The molecule has 0 heterocycles. The molecule has 0 amide bonds. The Morgan fingerprint density at radius 2 is 1.94 bits per heavy atom. The summed E-state index contributed by atoms with van der Waals surface area (Å²) in [6.45, 7) is 5.59. The van der Waals surface area contributed by atoms with Gasteiger partial charge in [-0.2, -0.15) is 0 Å². The van der Waals surface area contributed by atoms with Crippen LogP contribution in [0.1, 0.15) is 32.3 Å². The molecule has 0 bridgehead atoms. The second-order valence-corrected chi connectivity index (χ2v) is 5.10. The molecule has 0 aromatic heterocycles. The van der Waals surface area contributed by atoms with Gasteiger partial charge in [0.05, 0.1) is 7.11 Å². The van der Waals surface area contributed by atoms with E-state index in [1.165, 1.54) is 18.4 Å². The summed E-state index contributed by atoms with van der Waals surface area (Å²) >= 11 is 0. The van der Waals surface area contributed by atoms with Crippen molar-refractivity contribution < 1.29 is 4.74 Å². The van der Waals surface area contributed by atoms with Gasteiger partial charge in [0.25, 0.3) is 0 Å². The molecule has 1 aliphatic carbocycles. The number of hydrogen-bond acceptors (Lipinski definition) is 2. The number of rotatable bonds is 5. The summed E-state index contributed by atoms with van der Waals surface area (Å²) in [5, 5.41) is 3.60. The molecular formula is C14H21NO. The number of hydrogen-bond donors (Lipinski definition) is 1. The van der Waals surface area contributed by atoms with Crippen molar-refractivity contribution in [3.63, 3.8) is 0 Å². The van der Waals surface area contributed by atoms with Crippen molar-refractivity contribution in [1.82, 2.24) is 5.32 Å². The average molecular weight is 219 g/mol. The third-order valence-corrected chi connectivity index (χ3v) is 3.86. The zero-order valence-corrected chi connectivity index (χ0v) is 10.4. The number of benzene rings is 1. The first-order valence-corrected chi connectivity index (χ1v) is 6.00. The van der Waals surface area contributed by atoms with Gasteiger partial charge in [-0.1, -0.05) is 19.1 Å². The maximum Gasteiger partial charge on any atom is 0.118 e. The molecule has 1 unspecified atom stereocenters. The molecule has 1 saturated carbocycles. The molecule has 2 heteroatoms. The second kappa shape index (κ2) is 4.46. The Labute approximate surface area is 98.0 Å². The summed E-state index contributed by atoms with van der Waals surface area (Å²) in [6.07, 6.45) is 2.73. The normalized spacial score (nSPS) is 19.2. The predicted molar refractivity (Wildman–Crippen MR) is 66.6 cm³/mol. The van der Waals surface area contributed by atoms with E-state index in [1.54, 1.807) is 7.11 Å². The fraction of sp³-hybridized carbons (Fsp3) is 0.571. The number of nitrogens with one attached hydrogen (secondary N) is 1. The van der Waals surface area contributed by atoms with E-state index in [2.05, 4.69) is 31.3 Å². The standard InChI is InChI=1S/C14H21NO/c1-11(14(2)8-9-14)15-10-12-4-6-13(16-3)7-5-12/h4-7,11,15H,8-10H2,1-3H3. The molecule has 0 aliphatic heterocycles. The molecule has 1 atom stereocenters. The highest BCUT2D eigenvalue weighted by atomic mass is 16.5. The summed E-state index contributed by atoms with van der Waals surface area (Å²) < 4.78 is 5.14. The van der Waals surface area contributed by atoms with Gasteiger partial charge >= 0.3 is 0 Å². The molecule has 0 radical (unpaired) electrons.